The van der Waals surface area contributed by atoms with Crippen LogP contribution in [0.2, 0.25) is 0 Å². The summed E-state index contributed by atoms with van der Waals surface area (Å²) in [5.74, 6) is 5.15. The lowest BCUT2D eigenvalue weighted by Gasteiger charge is -2.57. The van der Waals surface area contributed by atoms with E-state index in [1.165, 1.54) is 70.2 Å². The van der Waals surface area contributed by atoms with E-state index < -0.39 is 0 Å². The highest BCUT2D eigenvalue weighted by atomic mass is 14.9. The molecule has 0 aromatic carbocycles. The molecule has 0 aliphatic heterocycles. The third-order valence-corrected chi connectivity index (χ3v) is 19.2. The molecular weight excluding hydrogens is 709 g/mol. The van der Waals surface area contributed by atoms with Crippen LogP contribution in [0.25, 0.3) is 45.6 Å². The second kappa shape index (κ2) is 10.9. The highest BCUT2D eigenvalue weighted by molar-refractivity contribution is 5.84. The van der Waals surface area contributed by atoms with Gasteiger partial charge in [0.25, 0.3) is 0 Å². The van der Waals surface area contributed by atoms with Crippen LogP contribution in [0.15, 0.2) is 49.1 Å². The predicted molar refractivity (Wildman–Crippen MR) is 228 cm³/mol. The van der Waals surface area contributed by atoms with Crippen LogP contribution in [0.4, 0.5) is 0 Å². The molecule has 8 bridgehead atoms. The van der Waals surface area contributed by atoms with Gasteiger partial charge in [0.15, 0.2) is 0 Å². The summed E-state index contributed by atoms with van der Waals surface area (Å²) in [6, 6.07) is 9.38. The zero-order valence-electron chi connectivity index (χ0n) is 35.6. The van der Waals surface area contributed by atoms with Crippen molar-refractivity contribution in [1.82, 2.24) is 29.9 Å². The summed E-state index contributed by atoms with van der Waals surface area (Å²) in [6.45, 7) is 19.5. The number of aromatic nitrogens is 6. The van der Waals surface area contributed by atoms with Crippen molar-refractivity contribution in [2.24, 2.45) is 45.3 Å². The Bertz CT molecular complexity index is 2310. The topological polar surface area (TPSA) is 77.3 Å². The maximum Gasteiger partial charge on any atom is 0.117 e. The minimum atomic E-state index is 0.338. The van der Waals surface area contributed by atoms with Crippen LogP contribution in [-0.2, 0) is 25.7 Å². The van der Waals surface area contributed by atoms with Gasteiger partial charge in [-0.25, -0.2) is 9.97 Å². The van der Waals surface area contributed by atoms with Crippen LogP contribution in [-0.4, -0.2) is 29.9 Å². The molecule has 12 aliphatic rings. The maximum atomic E-state index is 5.73. The summed E-state index contributed by atoms with van der Waals surface area (Å²) in [5.41, 5.74) is 19.5. The van der Waals surface area contributed by atoms with Gasteiger partial charge in [-0.2, -0.15) is 0 Å². The Labute approximate surface area is 343 Å². The molecule has 294 valence electrons. The molecular formula is C52H56N6. The summed E-state index contributed by atoms with van der Waals surface area (Å²) in [4.78, 5) is 32.6. The number of hydrogen-bond acceptors (Lipinski definition) is 6. The summed E-state index contributed by atoms with van der Waals surface area (Å²) in [6.07, 6.45) is 18.2. The molecule has 0 unspecified atom stereocenters. The fourth-order valence-electron chi connectivity index (χ4n) is 14.3. The molecule has 6 nitrogen and oxygen atoms in total. The standard InChI is InChI=1S/C52H56N6/c1-49(2)29-9-25-13-41(53-21-33(25)37(49)17-29)45-46(42-14-26-10-30-18-38(50(30,3)4)34(26)22-54-42)58-48(44-16-28-12-32-20-40(52(32,7)8)36(28)24-56-44)47(57-45)43-15-27-11-31-19-39(51(31,5)6)35(27)23-55-43/h13-16,21-24,29-32,37-40H,9-12,17-20H2,1-8H3/t29-,30-,31-,32-,37-,38-,39-,40-/m1/s1. The maximum absolute atomic E-state index is 5.73. The average molecular weight is 765 g/mol. The lowest BCUT2D eigenvalue weighted by Crippen LogP contribution is -2.48. The minimum Gasteiger partial charge on any atom is -0.254 e. The van der Waals surface area contributed by atoms with Crippen LogP contribution < -0.4 is 0 Å². The molecule has 0 spiro atoms. The van der Waals surface area contributed by atoms with Gasteiger partial charge in [-0.15, -0.1) is 0 Å². The largest absolute Gasteiger partial charge is 0.254 e. The molecule has 5 aromatic heterocycles. The molecule has 4 fully saturated rings. The fraction of sp³-hybridized carbons (Fsp3) is 0.538. The molecule has 6 heteroatoms. The molecule has 8 atom stereocenters. The predicted octanol–water partition coefficient (Wildman–Crippen LogP) is 11.5. The molecule has 0 radical (unpaired) electrons. The monoisotopic (exact) mass is 764 g/mol. The highest BCUT2D eigenvalue weighted by Gasteiger charge is 2.55. The van der Waals surface area contributed by atoms with Gasteiger partial charge in [0.1, 0.15) is 22.8 Å². The molecule has 58 heavy (non-hydrogen) atoms. The number of nitrogens with zero attached hydrogens (tertiary/aromatic N) is 6. The third kappa shape index (κ3) is 4.30. The number of hydrogen-bond donors (Lipinski definition) is 0. The van der Waals surface area contributed by atoms with E-state index in [9.17, 15) is 0 Å². The highest BCUT2D eigenvalue weighted by Crippen LogP contribution is 2.65. The van der Waals surface area contributed by atoms with Gasteiger partial charge >= 0.3 is 0 Å². The van der Waals surface area contributed by atoms with E-state index in [2.05, 4.69) is 104 Å². The van der Waals surface area contributed by atoms with Crippen molar-refractivity contribution in [2.45, 2.75) is 130 Å². The molecule has 12 aliphatic carbocycles. The Hall–Kier alpha value is -4.32. The van der Waals surface area contributed by atoms with Crippen LogP contribution in [0.3, 0.4) is 0 Å². The summed E-state index contributed by atoms with van der Waals surface area (Å²) < 4.78 is 0. The molecule has 0 amide bonds. The van der Waals surface area contributed by atoms with E-state index in [1.54, 1.807) is 0 Å². The van der Waals surface area contributed by atoms with Crippen molar-refractivity contribution in [3.63, 3.8) is 0 Å². The lowest BCUT2D eigenvalue weighted by atomic mass is 9.47. The zero-order valence-corrected chi connectivity index (χ0v) is 35.6. The van der Waals surface area contributed by atoms with E-state index in [1.807, 2.05) is 0 Å². The van der Waals surface area contributed by atoms with Crippen LogP contribution >= 0.6 is 0 Å². The molecule has 0 saturated heterocycles. The first-order valence-corrected chi connectivity index (χ1v) is 22.6. The first-order valence-electron chi connectivity index (χ1n) is 22.6. The first kappa shape index (κ1) is 34.5. The van der Waals surface area contributed by atoms with Crippen molar-refractivity contribution >= 4 is 0 Å². The Morgan fingerprint density at radius 2 is 0.586 bits per heavy atom. The van der Waals surface area contributed by atoms with Crippen molar-refractivity contribution in [3.05, 3.63) is 93.6 Å². The Balaban J connectivity index is 1.02. The van der Waals surface area contributed by atoms with Crippen LogP contribution in [0.1, 0.15) is 149 Å². The second-order valence-corrected chi connectivity index (χ2v) is 22.7. The van der Waals surface area contributed by atoms with E-state index in [-0.39, 0.29) is 0 Å². The van der Waals surface area contributed by atoms with Crippen molar-refractivity contribution in [3.8, 4) is 45.6 Å². The van der Waals surface area contributed by atoms with Gasteiger partial charge < -0.3 is 0 Å². The smallest absolute Gasteiger partial charge is 0.117 e. The quantitative estimate of drug-likeness (QED) is 0.181. The van der Waals surface area contributed by atoms with Gasteiger partial charge in [0.2, 0.25) is 0 Å². The van der Waals surface area contributed by atoms with Crippen molar-refractivity contribution in [2.75, 3.05) is 0 Å². The zero-order chi connectivity index (χ0) is 39.4. The van der Waals surface area contributed by atoms with Crippen LogP contribution in [0.5, 0.6) is 0 Å². The van der Waals surface area contributed by atoms with E-state index in [0.29, 0.717) is 69.0 Å². The Kier molecular flexibility index (Phi) is 6.48. The summed E-state index contributed by atoms with van der Waals surface area (Å²) >= 11 is 0. The van der Waals surface area contributed by atoms with Crippen molar-refractivity contribution < 1.29 is 0 Å². The summed E-state index contributed by atoms with van der Waals surface area (Å²) in [7, 11) is 0. The molecule has 5 aromatic rings. The fourth-order valence-corrected chi connectivity index (χ4v) is 14.3. The minimum absolute atomic E-state index is 0.338. The Morgan fingerprint density at radius 1 is 0.362 bits per heavy atom. The summed E-state index contributed by atoms with van der Waals surface area (Å²) in [5, 5.41) is 0. The molecule has 17 rings (SSSR count). The van der Waals surface area contributed by atoms with Crippen LogP contribution in [0, 0.1) is 45.3 Å². The Morgan fingerprint density at radius 3 is 0.793 bits per heavy atom. The number of rotatable bonds is 4. The van der Waals surface area contributed by atoms with Crippen molar-refractivity contribution in [1.29, 1.82) is 0 Å². The van der Waals surface area contributed by atoms with E-state index in [0.717, 1.165) is 71.2 Å². The normalized spacial score (nSPS) is 32.1. The van der Waals surface area contributed by atoms with Gasteiger partial charge in [0, 0.05) is 24.8 Å². The number of pyridine rings is 4. The van der Waals surface area contributed by atoms with E-state index in [4.69, 9.17) is 29.9 Å². The lowest BCUT2D eigenvalue weighted by molar-refractivity contribution is 0.0183. The molecule has 0 N–H and O–H groups in total. The van der Waals surface area contributed by atoms with Gasteiger partial charge in [-0.05, 0) is 189 Å². The SMILES string of the molecule is CC1(C)[C@@H]2Cc3cc(-c4nc(-c5cc6c(cn5)[C@H]5C[C@@H](C6)C5(C)C)c(-c5cc6c(cn5)[C@H]5C[C@@H](C6)C5(C)C)nc4-c4cc5c(cn4)[C@H]4C[C@@H](C5)C4(C)C)ncc3[C@H]1C2. The van der Waals surface area contributed by atoms with Gasteiger partial charge in [0.05, 0.1) is 22.8 Å². The molecule has 5 heterocycles. The molecule has 4 saturated carbocycles. The van der Waals surface area contributed by atoms with Gasteiger partial charge in [-0.1, -0.05) is 55.4 Å². The third-order valence-electron chi connectivity index (χ3n) is 19.2. The first-order chi connectivity index (χ1) is 27.7. The average Bonchev–Trinajstić information content (AvgIpc) is 3.23. The van der Waals surface area contributed by atoms with Gasteiger partial charge in [-0.3, -0.25) is 19.9 Å². The van der Waals surface area contributed by atoms with E-state index >= 15 is 0 Å². The second-order valence-electron chi connectivity index (χ2n) is 22.7.